The van der Waals surface area contributed by atoms with E-state index in [2.05, 4.69) is 93.6 Å². The van der Waals surface area contributed by atoms with E-state index in [9.17, 15) is 52.5 Å². The molecule has 0 heterocycles. The zero-order valence-electron chi connectivity index (χ0n) is 23.0. The van der Waals surface area contributed by atoms with Crippen molar-refractivity contribution in [3.63, 3.8) is 0 Å². The van der Waals surface area contributed by atoms with Crippen LogP contribution in [0.15, 0.2) is 105 Å². The van der Waals surface area contributed by atoms with Crippen molar-refractivity contribution in [1.29, 1.82) is 0 Å². The smallest absolute Gasteiger partial charge is 0.417 e. The lowest BCUT2D eigenvalue weighted by Gasteiger charge is -2.22. The fraction of sp³-hybridized carbons (Fsp3) is 0.200. The summed E-state index contributed by atoms with van der Waals surface area (Å²) in [5.41, 5.74) is -3.95. The Kier molecular flexibility index (Phi) is 10.2. The van der Waals surface area contributed by atoms with Crippen LogP contribution in [0.5, 0.6) is 0 Å². The van der Waals surface area contributed by atoms with E-state index in [0.717, 1.165) is 0 Å². The molecule has 4 rings (SSSR count). The predicted molar refractivity (Wildman–Crippen MR) is 145 cm³/mol. The lowest BCUT2D eigenvalue weighted by Crippen LogP contribution is -2.22. The van der Waals surface area contributed by atoms with Gasteiger partial charge < -0.3 is 4.55 Å². The van der Waals surface area contributed by atoms with E-state index in [1.54, 1.807) is 0 Å². The minimum atomic E-state index is -6.35. The first-order valence-electron chi connectivity index (χ1n) is 12.4. The Hall–Kier alpha value is -3.49. The Balaban J connectivity index is 0.000000240. The highest BCUT2D eigenvalue weighted by Gasteiger charge is 2.46. The maximum Gasteiger partial charge on any atom is 0.417 e. The average Bonchev–Trinajstić information content (AvgIpc) is 2.89. The van der Waals surface area contributed by atoms with Gasteiger partial charge in [0.2, 0.25) is 0 Å². The molecule has 0 bridgehead atoms. The first kappa shape index (κ1) is 35.0. The van der Waals surface area contributed by atoms with Crippen LogP contribution in [0, 0.1) is 20.8 Å². The Morgan fingerprint density at radius 2 is 0.955 bits per heavy atom. The number of benzene rings is 4. The molecule has 4 aromatic rings. The van der Waals surface area contributed by atoms with Gasteiger partial charge in [0.15, 0.2) is 14.7 Å². The van der Waals surface area contributed by atoms with Gasteiger partial charge in [0.1, 0.15) is 10.1 Å². The van der Waals surface area contributed by atoms with E-state index >= 15 is 0 Å². The topological polar surface area (TPSA) is 57.2 Å². The minimum absolute atomic E-state index is 0.0460. The van der Waals surface area contributed by atoms with E-state index in [-0.39, 0.29) is 10.9 Å². The van der Waals surface area contributed by atoms with Gasteiger partial charge in [0, 0.05) is 11.1 Å². The van der Waals surface area contributed by atoms with E-state index < -0.39 is 62.4 Å². The third-order valence-corrected chi connectivity index (χ3v) is 9.52. The summed E-state index contributed by atoms with van der Waals surface area (Å²) in [4.78, 5) is 1.43. The van der Waals surface area contributed by atoms with Gasteiger partial charge in [-0.3, -0.25) is 0 Å². The number of hydrogen-bond acceptors (Lipinski definition) is 3. The van der Waals surface area contributed by atoms with Crippen LogP contribution >= 0.6 is 0 Å². The Morgan fingerprint density at radius 1 is 0.591 bits per heavy atom. The van der Waals surface area contributed by atoms with Crippen LogP contribution in [-0.4, -0.2) is 13.0 Å². The normalized spacial score (nSPS) is 12.6. The highest BCUT2D eigenvalue weighted by atomic mass is 32.2. The van der Waals surface area contributed by atoms with Crippen molar-refractivity contribution in [2.45, 2.75) is 58.9 Å². The molecule has 0 atom stereocenters. The molecule has 0 radical (unpaired) electrons. The number of aryl methyl sites for hydroxylation is 3. The van der Waals surface area contributed by atoms with Gasteiger partial charge in [-0.15, -0.1) is 0 Å². The van der Waals surface area contributed by atoms with Gasteiger partial charge in [-0.25, -0.2) is 8.42 Å². The van der Waals surface area contributed by atoms with E-state index in [1.165, 1.54) is 31.4 Å². The van der Waals surface area contributed by atoms with Gasteiger partial charge >= 0.3 is 18.5 Å². The molecule has 0 aliphatic rings. The van der Waals surface area contributed by atoms with Gasteiger partial charge in [0.25, 0.3) is 0 Å². The quantitative estimate of drug-likeness (QED) is 0.124. The second-order valence-electron chi connectivity index (χ2n) is 9.51. The standard InChI is InChI=1S/C21H21S.C9H3F9O3S/c1-16-14-17(2)21(18(3)15-16)22(19-10-6-4-7-11-19)20-12-8-5-9-13-20;10-7(11,12)3-1-4(8(13,14)15)6(22(19,20)21)5(2-3)9(16,17)18/h4-15H,1-3H3;1-2H,(H,19,20,21)/q+1;/p-1. The van der Waals surface area contributed by atoms with E-state index in [1.807, 2.05) is 0 Å². The Labute approximate surface area is 250 Å². The largest absolute Gasteiger partial charge is 0.744 e. The summed E-state index contributed by atoms with van der Waals surface area (Å²) < 4.78 is 145. The van der Waals surface area contributed by atoms with Crippen LogP contribution in [0.4, 0.5) is 39.5 Å². The van der Waals surface area contributed by atoms with Crippen LogP contribution in [0.3, 0.4) is 0 Å². The molecule has 0 saturated heterocycles. The van der Waals surface area contributed by atoms with Crippen molar-refractivity contribution >= 4 is 21.0 Å². The lowest BCUT2D eigenvalue weighted by molar-refractivity contribution is -0.152. The summed E-state index contributed by atoms with van der Waals surface area (Å²) in [5, 5.41) is 0. The van der Waals surface area contributed by atoms with Gasteiger partial charge in [-0.1, -0.05) is 54.1 Å². The fourth-order valence-corrected chi connectivity index (χ4v) is 7.71. The van der Waals surface area contributed by atoms with Crippen molar-refractivity contribution in [2.24, 2.45) is 0 Å². The molecule has 0 amide bonds. The summed E-state index contributed by atoms with van der Waals surface area (Å²) in [6.07, 6.45) is -17.5. The van der Waals surface area contributed by atoms with Crippen LogP contribution in [0.2, 0.25) is 0 Å². The molecule has 0 spiro atoms. The summed E-state index contributed by atoms with van der Waals surface area (Å²) in [5.74, 6) is 0. The van der Waals surface area contributed by atoms with Crippen molar-refractivity contribution in [3.8, 4) is 0 Å². The third-order valence-electron chi connectivity index (χ3n) is 6.04. The molecule has 0 aliphatic carbocycles. The zero-order chi connectivity index (χ0) is 33.3. The molecule has 0 aliphatic heterocycles. The molecule has 0 aromatic heterocycles. The molecule has 14 heteroatoms. The summed E-state index contributed by atoms with van der Waals surface area (Å²) in [7, 11) is -6.40. The summed E-state index contributed by atoms with van der Waals surface area (Å²) in [6, 6.07) is 24.6. The number of halogens is 9. The van der Waals surface area contributed by atoms with E-state index in [4.69, 9.17) is 0 Å². The molecule has 3 nitrogen and oxygen atoms in total. The number of alkyl halides is 9. The second-order valence-corrected chi connectivity index (χ2v) is 12.8. The predicted octanol–water partition coefficient (Wildman–Crippen LogP) is 9.35. The molecule has 0 saturated carbocycles. The van der Waals surface area contributed by atoms with Crippen molar-refractivity contribution in [1.82, 2.24) is 0 Å². The molecular weight excluding hydrogens is 643 g/mol. The monoisotopic (exact) mass is 666 g/mol. The van der Waals surface area contributed by atoms with E-state index in [0.29, 0.717) is 0 Å². The Morgan fingerprint density at radius 3 is 1.25 bits per heavy atom. The highest BCUT2D eigenvalue weighted by molar-refractivity contribution is 7.97. The molecule has 0 fully saturated rings. The molecule has 0 unspecified atom stereocenters. The van der Waals surface area contributed by atoms with Crippen LogP contribution in [0.1, 0.15) is 33.4 Å². The first-order valence-corrected chi connectivity index (χ1v) is 15.0. The third kappa shape index (κ3) is 8.36. The number of hydrogen-bond donors (Lipinski definition) is 0. The van der Waals surface area contributed by atoms with Crippen molar-refractivity contribution in [3.05, 3.63) is 118 Å². The summed E-state index contributed by atoms with van der Waals surface area (Å²) >= 11 is 0. The van der Waals surface area contributed by atoms with Crippen molar-refractivity contribution in [2.75, 3.05) is 0 Å². The Bertz CT molecular complexity index is 1620. The average molecular weight is 667 g/mol. The van der Waals surface area contributed by atoms with Crippen LogP contribution < -0.4 is 0 Å². The maximum absolute atomic E-state index is 12.6. The lowest BCUT2D eigenvalue weighted by atomic mass is 10.0. The maximum atomic E-state index is 12.6. The number of rotatable bonds is 4. The first-order chi connectivity index (χ1) is 20.1. The second kappa shape index (κ2) is 12.9. The molecular formula is C30H23F9O3S2. The molecule has 236 valence electrons. The SMILES string of the molecule is Cc1cc(C)c([S+](c2ccccc2)c2ccccc2)c(C)c1.O=S(=O)([O-])c1c(C(F)(F)F)cc(C(F)(F)F)cc1C(F)(F)F. The highest BCUT2D eigenvalue weighted by Crippen LogP contribution is 2.45. The molecule has 4 aromatic carbocycles. The minimum Gasteiger partial charge on any atom is -0.744 e. The zero-order valence-corrected chi connectivity index (χ0v) is 24.7. The van der Waals surface area contributed by atoms with Gasteiger partial charge in [-0.2, -0.15) is 39.5 Å². The fourth-order valence-electron chi connectivity index (χ4n) is 4.46. The summed E-state index contributed by atoms with van der Waals surface area (Å²) in [6.45, 7) is 6.65. The van der Waals surface area contributed by atoms with Crippen molar-refractivity contribution < 1.29 is 52.5 Å². The van der Waals surface area contributed by atoms with Gasteiger partial charge in [0.05, 0.1) is 32.5 Å². The van der Waals surface area contributed by atoms with Crippen LogP contribution in [-0.2, 0) is 39.5 Å². The molecule has 0 N–H and O–H groups in total. The van der Waals surface area contributed by atoms with Gasteiger partial charge in [-0.05, 0) is 57.2 Å². The van der Waals surface area contributed by atoms with Crippen LogP contribution in [0.25, 0.3) is 0 Å². The molecule has 44 heavy (non-hydrogen) atoms.